The highest BCUT2D eigenvalue weighted by atomic mass is 16.5. The predicted molar refractivity (Wildman–Crippen MR) is 135 cm³/mol. The van der Waals surface area contributed by atoms with Gasteiger partial charge in [-0.1, -0.05) is 24.3 Å². The van der Waals surface area contributed by atoms with E-state index in [4.69, 9.17) is 4.74 Å². The summed E-state index contributed by atoms with van der Waals surface area (Å²) >= 11 is 0. The third kappa shape index (κ3) is 4.86. The first-order valence-corrected chi connectivity index (χ1v) is 12.8. The van der Waals surface area contributed by atoms with Crippen LogP contribution in [0.2, 0.25) is 0 Å². The minimum atomic E-state index is -1.10. The van der Waals surface area contributed by atoms with Crippen molar-refractivity contribution in [2.24, 2.45) is 0 Å². The van der Waals surface area contributed by atoms with Crippen LogP contribution in [-0.4, -0.2) is 83.2 Å². The molecule has 1 unspecified atom stereocenters. The van der Waals surface area contributed by atoms with E-state index in [2.05, 4.69) is 33.0 Å². The number of carbonyl (C=O) groups excluding carboxylic acids is 3. The highest BCUT2D eigenvalue weighted by Gasteiger charge is 2.56. The van der Waals surface area contributed by atoms with Crippen LogP contribution in [0.4, 0.5) is 10.5 Å². The zero-order valence-electron chi connectivity index (χ0n) is 20.5. The van der Waals surface area contributed by atoms with Gasteiger partial charge in [0.15, 0.2) is 0 Å². The summed E-state index contributed by atoms with van der Waals surface area (Å²) in [7, 11) is 0. The third-order valence-electron chi connectivity index (χ3n) is 7.47. The fourth-order valence-electron chi connectivity index (χ4n) is 5.15. The van der Waals surface area contributed by atoms with Gasteiger partial charge in [0.2, 0.25) is 5.60 Å². The number of nitrogens with one attached hydrogen (secondary N) is 3. The number of benzene rings is 2. The van der Waals surface area contributed by atoms with E-state index in [0.717, 1.165) is 32.4 Å². The molecule has 1 aliphatic carbocycles. The fraction of sp³-hybridized carbons (Fsp3) is 0.444. The SMILES string of the molecule is O=C(NCC(O)CN1CCc2ccccc2C1)c1ccc2c(c1)NC(=O)C1(CN(C(=O)NC3CC3)C1)O2. The molecule has 1 saturated carbocycles. The molecular formula is C27H31N5O5. The van der Waals surface area contributed by atoms with Crippen molar-refractivity contribution in [2.75, 3.05) is 38.0 Å². The maximum atomic E-state index is 12.8. The van der Waals surface area contributed by atoms with Crippen molar-refractivity contribution >= 4 is 23.5 Å². The van der Waals surface area contributed by atoms with Gasteiger partial charge in [0.1, 0.15) is 5.75 Å². The maximum Gasteiger partial charge on any atom is 0.317 e. The molecule has 1 saturated heterocycles. The molecule has 0 aromatic heterocycles. The molecule has 2 aromatic carbocycles. The van der Waals surface area contributed by atoms with Crippen LogP contribution < -0.4 is 20.7 Å². The highest BCUT2D eigenvalue weighted by Crippen LogP contribution is 2.39. The number of nitrogens with zero attached hydrogens (tertiary/aromatic N) is 2. The molecule has 2 fully saturated rings. The van der Waals surface area contributed by atoms with Gasteiger partial charge in [-0.15, -0.1) is 0 Å². The summed E-state index contributed by atoms with van der Waals surface area (Å²) in [5.74, 6) is -0.206. The Hall–Kier alpha value is -3.63. The average molecular weight is 506 g/mol. The number of hydrogen-bond acceptors (Lipinski definition) is 6. The van der Waals surface area contributed by atoms with Crippen LogP contribution in [0.1, 0.15) is 34.3 Å². The number of fused-ring (bicyclic) bond motifs is 2. The van der Waals surface area contributed by atoms with Gasteiger partial charge in [-0.25, -0.2) is 4.79 Å². The molecular weight excluding hydrogens is 474 g/mol. The number of aliphatic hydroxyl groups excluding tert-OH is 1. The van der Waals surface area contributed by atoms with E-state index in [1.54, 1.807) is 23.1 Å². The molecule has 4 amide bonds. The Morgan fingerprint density at radius 2 is 1.95 bits per heavy atom. The summed E-state index contributed by atoms with van der Waals surface area (Å²) in [6, 6.07) is 13.3. The first-order valence-electron chi connectivity index (χ1n) is 12.8. The Bertz CT molecular complexity index is 1240. The van der Waals surface area contributed by atoms with E-state index >= 15 is 0 Å². The third-order valence-corrected chi connectivity index (χ3v) is 7.47. The number of urea groups is 1. The Labute approximate surface area is 215 Å². The Balaban J connectivity index is 1.01. The van der Waals surface area contributed by atoms with Crippen LogP contribution in [0.5, 0.6) is 5.75 Å². The zero-order chi connectivity index (χ0) is 25.6. The number of amides is 4. The fourth-order valence-corrected chi connectivity index (χ4v) is 5.15. The number of rotatable bonds is 6. The summed E-state index contributed by atoms with van der Waals surface area (Å²) in [4.78, 5) is 41.5. The number of carbonyl (C=O) groups is 3. The molecule has 0 radical (unpaired) electrons. The van der Waals surface area contributed by atoms with Crippen molar-refractivity contribution in [3.8, 4) is 5.75 Å². The summed E-state index contributed by atoms with van der Waals surface area (Å²) in [5, 5.41) is 19.0. The van der Waals surface area contributed by atoms with Gasteiger partial charge in [0.25, 0.3) is 11.8 Å². The van der Waals surface area contributed by atoms with Gasteiger partial charge >= 0.3 is 6.03 Å². The molecule has 10 heteroatoms. The van der Waals surface area contributed by atoms with E-state index in [0.29, 0.717) is 23.5 Å². The van der Waals surface area contributed by atoms with Gasteiger partial charge in [-0.05, 0) is 48.6 Å². The number of aliphatic hydroxyl groups is 1. The average Bonchev–Trinajstić information content (AvgIpc) is 3.69. The van der Waals surface area contributed by atoms with Crippen LogP contribution in [0.3, 0.4) is 0 Å². The maximum absolute atomic E-state index is 12.8. The summed E-state index contributed by atoms with van der Waals surface area (Å²) in [6.45, 7) is 2.62. The first kappa shape index (κ1) is 23.7. The number of hydrogen-bond donors (Lipinski definition) is 4. The van der Waals surface area contributed by atoms with Crippen LogP contribution in [-0.2, 0) is 17.8 Å². The Morgan fingerprint density at radius 1 is 1.16 bits per heavy atom. The molecule has 3 heterocycles. The Morgan fingerprint density at radius 3 is 2.73 bits per heavy atom. The predicted octanol–water partition coefficient (Wildman–Crippen LogP) is 1.09. The number of anilines is 1. The second kappa shape index (κ2) is 9.35. The number of likely N-dealkylation sites (tertiary alicyclic amines) is 1. The van der Waals surface area contributed by atoms with Gasteiger partial charge < -0.3 is 30.7 Å². The van der Waals surface area contributed by atoms with Crippen molar-refractivity contribution in [2.45, 2.75) is 43.6 Å². The molecule has 194 valence electrons. The van der Waals surface area contributed by atoms with Crippen molar-refractivity contribution in [1.82, 2.24) is 20.4 Å². The van der Waals surface area contributed by atoms with Crippen LogP contribution in [0, 0.1) is 0 Å². The number of β-amino-alcohol motifs (C(OH)–C–C–N with tert-alkyl or cyclic N) is 1. The summed E-state index contributed by atoms with van der Waals surface area (Å²) in [5.41, 5.74) is 2.30. The monoisotopic (exact) mass is 505 g/mol. The van der Waals surface area contributed by atoms with E-state index in [-0.39, 0.29) is 43.5 Å². The number of ether oxygens (including phenoxy) is 1. The van der Waals surface area contributed by atoms with E-state index < -0.39 is 11.7 Å². The minimum Gasteiger partial charge on any atom is -0.471 e. The molecule has 1 atom stereocenters. The molecule has 4 N–H and O–H groups in total. The van der Waals surface area contributed by atoms with E-state index in [1.807, 2.05) is 12.1 Å². The summed E-state index contributed by atoms with van der Waals surface area (Å²) < 4.78 is 6.00. The molecule has 3 aliphatic heterocycles. The molecule has 4 aliphatic rings. The molecule has 0 bridgehead atoms. The van der Waals surface area contributed by atoms with Crippen LogP contribution in [0.25, 0.3) is 0 Å². The van der Waals surface area contributed by atoms with E-state index in [1.165, 1.54) is 11.1 Å². The quantitative estimate of drug-likeness (QED) is 0.466. The summed E-state index contributed by atoms with van der Waals surface area (Å²) in [6.07, 6.45) is 2.24. The van der Waals surface area contributed by atoms with Crippen molar-refractivity contribution in [3.05, 3.63) is 59.2 Å². The lowest BCUT2D eigenvalue weighted by molar-refractivity contribution is -0.144. The zero-order valence-corrected chi connectivity index (χ0v) is 20.5. The van der Waals surface area contributed by atoms with Crippen molar-refractivity contribution in [1.29, 1.82) is 0 Å². The molecule has 1 spiro atoms. The van der Waals surface area contributed by atoms with Crippen molar-refractivity contribution in [3.63, 3.8) is 0 Å². The lowest BCUT2D eigenvalue weighted by Crippen LogP contribution is -2.73. The molecule has 2 aromatic rings. The lowest BCUT2D eigenvalue weighted by atomic mass is 9.91. The van der Waals surface area contributed by atoms with Crippen LogP contribution >= 0.6 is 0 Å². The van der Waals surface area contributed by atoms with Gasteiger partial charge in [0.05, 0.1) is 24.9 Å². The van der Waals surface area contributed by atoms with Gasteiger partial charge in [-0.3, -0.25) is 14.5 Å². The van der Waals surface area contributed by atoms with Gasteiger partial charge in [0, 0.05) is 37.8 Å². The minimum absolute atomic E-state index is 0.124. The first-order chi connectivity index (χ1) is 17.9. The largest absolute Gasteiger partial charge is 0.471 e. The lowest BCUT2D eigenvalue weighted by Gasteiger charge is -2.49. The van der Waals surface area contributed by atoms with Crippen LogP contribution in [0.15, 0.2) is 42.5 Å². The normalized spacial score (nSPS) is 20.6. The second-order valence-electron chi connectivity index (χ2n) is 10.5. The smallest absolute Gasteiger partial charge is 0.317 e. The second-order valence-corrected chi connectivity index (χ2v) is 10.5. The highest BCUT2D eigenvalue weighted by molar-refractivity contribution is 6.04. The van der Waals surface area contributed by atoms with Gasteiger partial charge in [-0.2, -0.15) is 0 Å². The topological polar surface area (TPSA) is 123 Å². The standard InChI is InChI=1S/C27H31N5O5/c33-21(14-31-10-9-17-3-1-2-4-19(17)13-31)12-28-24(34)18-5-8-23-22(11-18)30-25(35)27(37-23)15-32(16-27)26(36)29-20-6-7-20/h1-5,8,11,20-21,33H,6-7,9-10,12-16H2,(H,28,34)(H,29,36)(H,30,35). The Kier molecular flexibility index (Phi) is 6.00. The van der Waals surface area contributed by atoms with E-state index in [9.17, 15) is 19.5 Å². The van der Waals surface area contributed by atoms with Crippen molar-refractivity contribution < 1.29 is 24.2 Å². The molecule has 6 rings (SSSR count). The molecule has 10 nitrogen and oxygen atoms in total. The molecule has 37 heavy (non-hydrogen) atoms.